The number of carbonyl (C=O) groups excluding carboxylic acids is 1. The second-order valence-electron chi connectivity index (χ2n) is 6.43. The van der Waals surface area contributed by atoms with Crippen molar-refractivity contribution < 1.29 is 23.6 Å². The van der Waals surface area contributed by atoms with Gasteiger partial charge in [-0.05, 0) is 35.9 Å². The number of hydrogen-bond acceptors (Lipinski definition) is 3. The summed E-state index contributed by atoms with van der Waals surface area (Å²) in [5.41, 5.74) is 2.03. The number of nitrogens with one attached hydrogen (secondary N) is 2. The van der Waals surface area contributed by atoms with Crippen molar-refractivity contribution in [1.82, 2.24) is 4.98 Å². The number of carbonyl (C=O) groups is 1. The average Bonchev–Trinajstić information content (AvgIpc) is 3.04. The Labute approximate surface area is 151 Å². The molecule has 1 aromatic heterocycles. The maximum Gasteiger partial charge on any atom is 0.347 e. The van der Waals surface area contributed by atoms with Gasteiger partial charge in [-0.3, -0.25) is 0 Å². The zero-order valence-corrected chi connectivity index (χ0v) is 15.1. The Hall–Kier alpha value is -2.86. The van der Waals surface area contributed by atoms with Crippen molar-refractivity contribution in [3.63, 3.8) is 0 Å². The smallest absolute Gasteiger partial charge is 0.347 e. The second-order valence-corrected chi connectivity index (χ2v) is 6.43. The fraction of sp³-hybridized carbons (Fsp3) is 0.250. The van der Waals surface area contributed by atoms with Crippen LogP contribution >= 0.6 is 0 Å². The van der Waals surface area contributed by atoms with E-state index in [0.717, 1.165) is 35.5 Å². The van der Waals surface area contributed by atoms with E-state index in [2.05, 4.69) is 19.1 Å². The van der Waals surface area contributed by atoms with Crippen molar-refractivity contribution in [2.45, 2.75) is 6.42 Å². The van der Waals surface area contributed by atoms with Gasteiger partial charge in [0.1, 0.15) is 22.9 Å². The van der Waals surface area contributed by atoms with Crippen molar-refractivity contribution >= 4 is 16.9 Å². The molecule has 3 rings (SSSR count). The van der Waals surface area contributed by atoms with Gasteiger partial charge in [-0.15, -0.1) is 0 Å². The molecule has 0 bridgehead atoms. The van der Waals surface area contributed by atoms with E-state index >= 15 is 0 Å². The van der Waals surface area contributed by atoms with E-state index < -0.39 is 11.8 Å². The first-order chi connectivity index (χ1) is 12.5. The summed E-state index contributed by atoms with van der Waals surface area (Å²) in [6, 6.07) is 9.26. The largest absolute Gasteiger partial charge is 0.496 e. The molecule has 0 saturated carbocycles. The fourth-order valence-electron chi connectivity index (χ4n) is 2.88. The molecule has 0 atom stereocenters. The first kappa shape index (κ1) is 17.9. The molecule has 2 N–H and O–H groups in total. The van der Waals surface area contributed by atoms with Crippen LogP contribution in [0.3, 0.4) is 0 Å². The summed E-state index contributed by atoms with van der Waals surface area (Å²) in [6.07, 6.45) is 2.79. The molecule has 5 nitrogen and oxygen atoms in total. The standard InChI is InChI=1S/C20H21FN2O3/c1-23(2)10-9-13-12-22-16-5-4-6-18(19(13)16)26-20(24)15-11-14(21)7-8-17(15)25-3/h4-8,11-12,22H,9-10H2,1-3H3/p+1. The normalized spacial score (nSPS) is 11.1. The predicted molar refractivity (Wildman–Crippen MR) is 97.6 cm³/mol. The number of halogens is 1. The molecule has 0 fully saturated rings. The van der Waals surface area contributed by atoms with Crippen LogP contribution in [0.15, 0.2) is 42.6 Å². The Balaban J connectivity index is 1.95. The topological polar surface area (TPSA) is 55.8 Å². The lowest BCUT2D eigenvalue weighted by Gasteiger charge is -2.11. The number of methoxy groups -OCH3 is 1. The van der Waals surface area contributed by atoms with Gasteiger partial charge in [0, 0.05) is 23.5 Å². The van der Waals surface area contributed by atoms with Crippen LogP contribution in [0.25, 0.3) is 10.9 Å². The number of rotatable bonds is 6. The second kappa shape index (κ2) is 7.58. The molecular weight excluding hydrogens is 335 g/mol. The third-order valence-corrected chi connectivity index (χ3v) is 4.23. The Kier molecular flexibility index (Phi) is 5.23. The molecule has 1 heterocycles. The lowest BCUT2D eigenvalue weighted by molar-refractivity contribution is -0.858. The van der Waals surface area contributed by atoms with Crippen LogP contribution in [0, 0.1) is 5.82 Å². The number of fused-ring (bicyclic) bond motifs is 1. The number of likely N-dealkylation sites (N-methyl/N-ethyl adjacent to an activating group) is 1. The predicted octanol–water partition coefficient (Wildman–Crippen LogP) is 2.22. The quantitative estimate of drug-likeness (QED) is 0.525. The summed E-state index contributed by atoms with van der Waals surface area (Å²) >= 11 is 0. The molecule has 0 saturated heterocycles. The highest BCUT2D eigenvalue weighted by molar-refractivity contribution is 5.97. The van der Waals surface area contributed by atoms with Crippen LogP contribution in [-0.4, -0.2) is 38.7 Å². The number of esters is 1. The Bertz CT molecular complexity index is 934. The molecule has 0 aliphatic heterocycles. The van der Waals surface area contributed by atoms with Crippen LogP contribution in [0.5, 0.6) is 11.5 Å². The SMILES string of the molecule is COc1ccc(F)cc1C(=O)Oc1cccc2[nH]cc(CC[NH+](C)C)c12. The van der Waals surface area contributed by atoms with Gasteiger partial charge in [-0.1, -0.05) is 6.07 Å². The van der Waals surface area contributed by atoms with Crippen LogP contribution in [0.2, 0.25) is 0 Å². The van der Waals surface area contributed by atoms with Crippen molar-refractivity contribution in [2.75, 3.05) is 27.7 Å². The molecule has 136 valence electrons. The highest BCUT2D eigenvalue weighted by Crippen LogP contribution is 2.30. The van der Waals surface area contributed by atoms with E-state index in [1.807, 2.05) is 18.3 Å². The van der Waals surface area contributed by atoms with Crippen LogP contribution in [0.4, 0.5) is 4.39 Å². The van der Waals surface area contributed by atoms with Crippen LogP contribution < -0.4 is 14.4 Å². The van der Waals surface area contributed by atoms with Gasteiger partial charge in [-0.25, -0.2) is 9.18 Å². The van der Waals surface area contributed by atoms with E-state index in [1.54, 1.807) is 6.07 Å². The molecule has 0 spiro atoms. The Morgan fingerprint density at radius 1 is 1.19 bits per heavy atom. The maximum absolute atomic E-state index is 13.6. The third kappa shape index (κ3) is 3.70. The summed E-state index contributed by atoms with van der Waals surface area (Å²) in [5.74, 6) is -0.454. The zero-order chi connectivity index (χ0) is 18.7. The van der Waals surface area contributed by atoms with Gasteiger partial charge in [0.15, 0.2) is 0 Å². The lowest BCUT2D eigenvalue weighted by atomic mass is 10.1. The highest BCUT2D eigenvalue weighted by atomic mass is 19.1. The van der Waals surface area contributed by atoms with Crippen molar-refractivity contribution in [1.29, 1.82) is 0 Å². The Morgan fingerprint density at radius 3 is 2.73 bits per heavy atom. The van der Waals surface area contributed by atoms with Crippen LogP contribution in [-0.2, 0) is 6.42 Å². The maximum atomic E-state index is 13.6. The lowest BCUT2D eigenvalue weighted by Crippen LogP contribution is -3.05. The van der Waals surface area contributed by atoms with E-state index in [1.165, 1.54) is 24.1 Å². The van der Waals surface area contributed by atoms with Gasteiger partial charge in [0.2, 0.25) is 0 Å². The number of quaternary nitrogens is 1. The van der Waals surface area contributed by atoms with Crippen molar-refractivity contribution in [3.8, 4) is 11.5 Å². The number of ether oxygens (including phenoxy) is 2. The molecule has 26 heavy (non-hydrogen) atoms. The summed E-state index contributed by atoms with van der Waals surface area (Å²) in [5, 5.41) is 0.873. The van der Waals surface area contributed by atoms with Crippen LogP contribution in [0.1, 0.15) is 15.9 Å². The van der Waals surface area contributed by atoms with Crippen molar-refractivity contribution in [2.24, 2.45) is 0 Å². The summed E-state index contributed by atoms with van der Waals surface area (Å²) in [4.78, 5) is 17.1. The molecule has 0 amide bonds. The summed E-state index contributed by atoms with van der Waals surface area (Å²) in [6.45, 7) is 0.951. The van der Waals surface area contributed by atoms with Gasteiger partial charge in [0.05, 0.1) is 27.7 Å². The molecule has 3 aromatic rings. The van der Waals surface area contributed by atoms with E-state index in [0.29, 0.717) is 5.75 Å². The molecule has 0 unspecified atom stereocenters. The molecule has 0 radical (unpaired) electrons. The first-order valence-electron chi connectivity index (χ1n) is 8.43. The minimum absolute atomic E-state index is 0.0549. The molecular formula is C20H22FN2O3+. The zero-order valence-electron chi connectivity index (χ0n) is 15.1. The first-order valence-corrected chi connectivity index (χ1v) is 8.43. The van der Waals surface area contributed by atoms with Gasteiger partial charge < -0.3 is 19.4 Å². The monoisotopic (exact) mass is 357 g/mol. The van der Waals surface area contributed by atoms with E-state index in [9.17, 15) is 9.18 Å². The minimum atomic E-state index is -0.653. The van der Waals surface area contributed by atoms with Gasteiger partial charge >= 0.3 is 5.97 Å². The number of benzene rings is 2. The molecule has 0 aliphatic carbocycles. The average molecular weight is 357 g/mol. The number of aromatic amines is 1. The molecule has 6 heteroatoms. The highest BCUT2D eigenvalue weighted by Gasteiger charge is 2.18. The van der Waals surface area contributed by atoms with E-state index in [-0.39, 0.29) is 11.3 Å². The Morgan fingerprint density at radius 2 is 2.00 bits per heavy atom. The third-order valence-electron chi connectivity index (χ3n) is 4.23. The minimum Gasteiger partial charge on any atom is -0.496 e. The number of aromatic nitrogens is 1. The van der Waals surface area contributed by atoms with Gasteiger partial charge in [0.25, 0.3) is 0 Å². The summed E-state index contributed by atoms with van der Waals surface area (Å²) in [7, 11) is 5.61. The van der Waals surface area contributed by atoms with Gasteiger partial charge in [-0.2, -0.15) is 0 Å². The number of H-pyrrole nitrogens is 1. The summed E-state index contributed by atoms with van der Waals surface area (Å²) < 4.78 is 24.3. The molecule has 0 aliphatic rings. The van der Waals surface area contributed by atoms with E-state index in [4.69, 9.17) is 9.47 Å². The van der Waals surface area contributed by atoms with Crippen molar-refractivity contribution in [3.05, 3.63) is 59.5 Å². The molecule has 2 aromatic carbocycles. The fourth-order valence-corrected chi connectivity index (χ4v) is 2.88. The number of hydrogen-bond donors (Lipinski definition) is 2.